The van der Waals surface area contributed by atoms with Crippen LogP contribution < -0.4 is 30.8 Å². The Morgan fingerprint density at radius 1 is 0.884 bits per heavy atom. The summed E-state index contributed by atoms with van der Waals surface area (Å²) >= 11 is 0. The van der Waals surface area contributed by atoms with E-state index in [1.807, 2.05) is 71.9 Å². The molecule has 5 rings (SSSR count). The summed E-state index contributed by atoms with van der Waals surface area (Å²) in [7, 11) is 4.64. The first-order valence-corrected chi connectivity index (χ1v) is 13.7. The van der Waals surface area contributed by atoms with Crippen molar-refractivity contribution >= 4 is 39.8 Å². The number of carbonyl (C=O) groups is 1. The van der Waals surface area contributed by atoms with Crippen LogP contribution in [-0.4, -0.2) is 63.7 Å². The number of hydrazine groups is 2. The normalized spacial score (nSPS) is 12.5. The molecule has 3 aromatic carbocycles. The van der Waals surface area contributed by atoms with E-state index in [2.05, 4.69) is 26.2 Å². The van der Waals surface area contributed by atoms with Crippen LogP contribution in [0.2, 0.25) is 0 Å². The Morgan fingerprint density at radius 2 is 1.63 bits per heavy atom. The lowest BCUT2D eigenvalue weighted by atomic mass is 10.1. The first-order chi connectivity index (χ1) is 21.1. The van der Waals surface area contributed by atoms with Crippen LogP contribution in [0.15, 0.2) is 73.2 Å². The van der Waals surface area contributed by atoms with Gasteiger partial charge in [0.1, 0.15) is 25.4 Å². The van der Waals surface area contributed by atoms with Gasteiger partial charge in [-0.25, -0.2) is 9.97 Å². The van der Waals surface area contributed by atoms with Crippen LogP contribution in [0, 0.1) is 0 Å². The van der Waals surface area contributed by atoms with Crippen LogP contribution in [0.3, 0.4) is 0 Å². The lowest BCUT2D eigenvalue weighted by molar-refractivity contribution is -0.139. The first-order valence-electron chi connectivity index (χ1n) is 13.7. The summed E-state index contributed by atoms with van der Waals surface area (Å²) in [4.78, 5) is 20.5. The van der Waals surface area contributed by atoms with E-state index in [1.165, 1.54) is 13.4 Å². The molecule has 4 aromatic rings. The van der Waals surface area contributed by atoms with Gasteiger partial charge in [-0.15, -0.1) is 5.53 Å². The van der Waals surface area contributed by atoms with Crippen molar-refractivity contribution < 1.29 is 28.5 Å². The molecule has 1 aliphatic heterocycles. The van der Waals surface area contributed by atoms with E-state index in [-0.39, 0.29) is 12.4 Å². The molecule has 0 saturated carbocycles. The predicted molar refractivity (Wildman–Crippen MR) is 163 cm³/mol. The highest BCUT2D eigenvalue weighted by atomic mass is 16.5. The van der Waals surface area contributed by atoms with Crippen LogP contribution in [0.4, 0.5) is 17.2 Å². The second-order valence-electron chi connectivity index (χ2n) is 9.50. The predicted octanol–water partition coefficient (Wildman–Crippen LogP) is 3.97. The van der Waals surface area contributed by atoms with Gasteiger partial charge in [0.15, 0.2) is 11.5 Å². The smallest absolute Gasteiger partial charge is 0.309 e. The van der Waals surface area contributed by atoms with E-state index in [9.17, 15) is 4.79 Å². The highest BCUT2D eigenvalue weighted by Crippen LogP contribution is 2.35. The maximum Gasteiger partial charge on any atom is 0.309 e. The number of benzene rings is 3. The number of esters is 1. The minimum Gasteiger partial charge on any atom is -0.487 e. The highest BCUT2D eigenvalue weighted by Gasteiger charge is 2.16. The fraction of sp³-hybridized carbons (Fsp3) is 0.258. The monoisotopic (exact) mass is 586 g/mol. The van der Waals surface area contributed by atoms with E-state index in [0.29, 0.717) is 49.3 Å². The zero-order valence-corrected chi connectivity index (χ0v) is 24.3. The Labute approximate surface area is 249 Å². The van der Waals surface area contributed by atoms with Crippen molar-refractivity contribution in [3.8, 4) is 11.5 Å². The largest absolute Gasteiger partial charge is 0.487 e. The van der Waals surface area contributed by atoms with Crippen molar-refractivity contribution in [2.45, 2.75) is 6.42 Å². The summed E-state index contributed by atoms with van der Waals surface area (Å²) in [6.07, 6.45) is 3.71. The highest BCUT2D eigenvalue weighted by molar-refractivity contribution is 5.93. The van der Waals surface area contributed by atoms with Gasteiger partial charge in [-0.2, -0.15) is 0 Å². The summed E-state index contributed by atoms with van der Waals surface area (Å²) in [5, 5.41) is 6.07. The van der Waals surface area contributed by atoms with Crippen molar-refractivity contribution in [2.24, 2.45) is 0 Å². The second-order valence-corrected chi connectivity index (χ2v) is 9.50. The van der Waals surface area contributed by atoms with Crippen LogP contribution in [0.25, 0.3) is 16.6 Å². The fourth-order valence-corrected chi connectivity index (χ4v) is 4.37. The Morgan fingerprint density at radius 3 is 2.35 bits per heavy atom. The van der Waals surface area contributed by atoms with Gasteiger partial charge in [0.25, 0.3) is 0 Å². The standard InChI is InChI=1S/C31H34N6O6/c1-39-11-13-42-28-17-25-26(18-29(28)43-14-12-40-2)32-20-33-31(25)34-23-6-4-5-22(16-23)27-19-37(36-35-27)24-9-7-21(8-10-24)15-30(38)41-3/h4-10,16-20,35-36H,11-15H2,1-3H3,(H,32,33,34). The number of anilines is 3. The molecule has 0 bridgehead atoms. The second kappa shape index (κ2) is 14.3. The number of hydrogen-bond donors (Lipinski definition) is 3. The molecule has 3 N–H and O–H groups in total. The molecule has 0 atom stereocenters. The number of ether oxygens (including phenoxy) is 5. The number of carbonyl (C=O) groups excluding carboxylic acids is 1. The van der Waals surface area contributed by atoms with Crippen LogP contribution in [0.1, 0.15) is 11.1 Å². The molecule has 0 saturated heterocycles. The summed E-state index contributed by atoms with van der Waals surface area (Å²) in [6.45, 7) is 1.63. The number of hydrogen-bond acceptors (Lipinski definition) is 12. The minimum absolute atomic E-state index is 0.233. The molecular weight excluding hydrogens is 552 g/mol. The van der Waals surface area contributed by atoms with Crippen LogP contribution in [-0.2, 0) is 25.4 Å². The van der Waals surface area contributed by atoms with Crippen LogP contribution in [0.5, 0.6) is 11.5 Å². The number of rotatable bonds is 14. The molecule has 1 aliphatic rings. The Kier molecular flexibility index (Phi) is 9.85. The average Bonchev–Trinajstić information content (AvgIpc) is 3.53. The molecule has 2 heterocycles. The van der Waals surface area contributed by atoms with Crippen molar-refractivity contribution in [1.29, 1.82) is 0 Å². The van der Waals surface area contributed by atoms with E-state index < -0.39 is 0 Å². The molecule has 224 valence electrons. The first kappa shape index (κ1) is 29.6. The zero-order valence-electron chi connectivity index (χ0n) is 24.3. The molecule has 12 heteroatoms. The summed E-state index contributed by atoms with van der Waals surface area (Å²) in [5.74, 6) is 1.49. The number of methoxy groups -OCH3 is 3. The maximum absolute atomic E-state index is 11.6. The Hall–Kier alpha value is -4.91. The number of nitrogens with one attached hydrogen (secondary N) is 3. The van der Waals surface area contributed by atoms with Gasteiger partial charge >= 0.3 is 5.97 Å². The number of nitrogens with zero attached hydrogens (tertiary/aromatic N) is 3. The maximum atomic E-state index is 11.6. The van der Waals surface area contributed by atoms with E-state index >= 15 is 0 Å². The Bertz CT molecular complexity index is 1580. The van der Waals surface area contributed by atoms with Gasteiger partial charge in [0.2, 0.25) is 0 Å². The summed E-state index contributed by atoms with van der Waals surface area (Å²) in [6, 6.07) is 19.4. The lowest BCUT2D eigenvalue weighted by Crippen LogP contribution is -2.36. The average molecular weight is 587 g/mol. The van der Waals surface area contributed by atoms with Gasteiger partial charge < -0.3 is 34.4 Å². The molecule has 43 heavy (non-hydrogen) atoms. The van der Waals surface area contributed by atoms with Crippen molar-refractivity contribution in [2.75, 3.05) is 58.1 Å². The molecule has 0 amide bonds. The Balaban J connectivity index is 1.35. The molecular formula is C31H34N6O6. The van der Waals surface area contributed by atoms with Gasteiger partial charge in [-0.1, -0.05) is 24.3 Å². The molecule has 0 fully saturated rings. The van der Waals surface area contributed by atoms with Crippen molar-refractivity contribution in [3.05, 3.63) is 84.3 Å². The molecule has 0 aliphatic carbocycles. The molecule has 12 nitrogen and oxygen atoms in total. The topological polar surface area (TPSA) is 128 Å². The van der Waals surface area contributed by atoms with E-state index in [4.69, 9.17) is 23.7 Å². The van der Waals surface area contributed by atoms with E-state index in [1.54, 1.807) is 14.2 Å². The minimum atomic E-state index is -0.271. The molecule has 0 radical (unpaired) electrons. The third-order valence-corrected chi connectivity index (χ3v) is 6.59. The number of aromatic nitrogens is 2. The summed E-state index contributed by atoms with van der Waals surface area (Å²) < 4.78 is 26.9. The third-order valence-electron chi connectivity index (χ3n) is 6.59. The van der Waals surface area contributed by atoms with Crippen molar-refractivity contribution in [3.63, 3.8) is 0 Å². The number of fused-ring (bicyclic) bond motifs is 1. The van der Waals surface area contributed by atoms with Gasteiger partial charge in [-0.3, -0.25) is 9.80 Å². The summed E-state index contributed by atoms with van der Waals surface area (Å²) in [5.41, 5.74) is 11.5. The quantitative estimate of drug-likeness (QED) is 0.146. The molecule has 0 unspecified atom stereocenters. The van der Waals surface area contributed by atoms with Gasteiger partial charge in [0.05, 0.1) is 43.6 Å². The molecule has 1 aromatic heterocycles. The molecule has 0 spiro atoms. The van der Waals surface area contributed by atoms with Gasteiger partial charge in [0, 0.05) is 43.1 Å². The zero-order chi connectivity index (χ0) is 30.0. The van der Waals surface area contributed by atoms with Gasteiger partial charge in [-0.05, 0) is 35.9 Å². The third kappa shape index (κ3) is 7.49. The van der Waals surface area contributed by atoms with Crippen molar-refractivity contribution in [1.82, 2.24) is 20.9 Å². The fourth-order valence-electron chi connectivity index (χ4n) is 4.37. The van der Waals surface area contributed by atoms with Crippen LogP contribution >= 0.6 is 0 Å². The van der Waals surface area contributed by atoms with E-state index in [0.717, 1.165) is 33.6 Å². The SMILES string of the molecule is COCCOc1cc2ncnc(Nc3cccc(C4=CN(c5ccc(CC(=O)OC)cc5)NN4)c3)c2cc1OCCOC. The lowest BCUT2D eigenvalue weighted by Gasteiger charge is -2.15.